The molecule has 3 N–H and O–H groups in total. The van der Waals surface area contributed by atoms with E-state index >= 15 is 0 Å². The number of likely N-dealkylation sites (tertiary alicyclic amines) is 1. The predicted octanol–water partition coefficient (Wildman–Crippen LogP) is 4.51. The molecular weight excluding hydrogens is 707 g/mol. The van der Waals surface area contributed by atoms with Crippen LogP contribution in [0.4, 0.5) is 4.79 Å². The number of fused-ring (bicyclic) bond motifs is 4. The Labute approximate surface area is 318 Å². The summed E-state index contributed by atoms with van der Waals surface area (Å²) < 4.78 is 33.6. The molecule has 2 saturated carbocycles. The van der Waals surface area contributed by atoms with E-state index in [0.717, 1.165) is 36.0 Å². The van der Waals surface area contributed by atoms with Crippen molar-refractivity contribution in [2.45, 2.75) is 107 Å². The topological polar surface area (TPSA) is 154 Å². The fourth-order valence-corrected chi connectivity index (χ4v) is 9.84. The summed E-state index contributed by atoms with van der Waals surface area (Å²) in [7, 11) is -3.86. The Bertz CT molecular complexity index is 1890. The van der Waals surface area contributed by atoms with Crippen LogP contribution in [0.1, 0.15) is 77.7 Å². The van der Waals surface area contributed by atoms with Gasteiger partial charge in [0.15, 0.2) is 0 Å². The van der Waals surface area contributed by atoms with E-state index in [0.29, 0.717) is 51.9 Å². The van der Waals surface area contributed by atoms with E-state index in [1.54, 1.807) is 25.7 Å². The average Bonchev–Trinajstić information content (AvgIpc) is 4.02. The van der Waals surface area contributed by atoms with Crippen LogP contribution in [0.5, 0.6) is 0 Å². The number of carbonyl (C=O) groups excluding carboxylic acids is 4. The molecule has 4 fully saturated rings. The quantitative estimate of drug-likeness (QED) is 0.349. The van der Waals surface area contributed by atoms with Gasteiger partial charge in [0.2, 0.25) is 21.8 Å². The maximum absolute atomic E-state index is 14.7. The zero-order valence-corrected chi connectivity index (χ0v) is 32.3. The third-order valence-electron chi connectivity index (χ3n) is 11.4. The van der Waals surface area contributed by atoms with Gasteiger partial charge in [0.25, 0.3) is 5.91 Å². The summed E-state index contributed by atoms with van der Waals surface area (Å²) in [6.45, 7) is 7.47. The predicted molar refractivity (Wildman–Crippen MR) is 204 cm³/mol. The molecule has 0 spiro atoms. The van der Waals surface area contributed by atoms with Crippen molar-refractivity contribution in [2.75, 3.05) is 19.6 Å². The molecule has 0 radical (unpaired) electrons. The number of nitrogens with one attached hydrogen (secondary N) is 3. The normalized spacial score (nSPS) is 29.8. The number of amides is 4. The number of sulfonamides is 1. The van der Waals surface area contributed by atoms with Crippen LogP contribution in [0.15, 0.2) is 66.7 Å². The maximum Gasteiger partial charge on any atom is 0.408 e. The molecule has 4 amide bonds. The number of benzene rings is 2. The van der Waals surface area contributed by atoms with Gasteiger partial charge in [-0.15, -0.1) is 0 Å². The van der Waals surface area contributed by atoms with Crippen LogP contribution >= 0.6 is 0 Å². The minimum atomic E-state index is -3.86. The van der Waals surface area contributed by atoms with Crippen molar-refractivity contribution in [2.24, 2.45) is 17.8 Å². The van der Waals surface area contributed by atoms with E-state index in [-0.39, 0.29) is 30.1 Å². The SMILES string of the molecule is CC(C)(C)OC(=O)N[C@H]1CCCCC/C=C\[C@H]2C[C@@]2(C(=O)NS(=O)(=O)C2CC2)NC(=O)[C@@H]2[C@H]3CN(Cc4cccc(-c5ccccc5)c4)C[C@H]3CN2C1=O. The lowest BCUT2D eigenvalue weighted by atomic mass is 9.93. The lowest BCUT2D eigenvalue weighted by molar-refractivity contribution is -0.142. The maximum atomic E-state index is 14.7. The molecule has 3 aliphatic heterocycles. The highest BCUT2D eigenvalue weighted by atomic mass is 32.2. The third-order valence-corrected chi connectivity index (χ3v) is 13.2. The van der Waals surface area contributed by atoms with Crippen molar-refractivity contribution in [3.05, 3.63) is 72.3 Å². The van der Waals surface area contributed by atoms with Crippen molar-refractivity contribution in [3.63, 3.8) is 0 Å². The average molecular weight is 760 g/mol. The number of carbonyl (C=O) groups is 4. The first kappa shape index (κ1) is 38.1. The summed E-state index contributed by atoms with van der Waals surface area (Å²) in [5.74, 6) is -2.21. The Morgan fingerprint density at radius 2 is 1.70 bits per heavy atom. The van der Waals surface area contributed by atoms with Crippen LogP contribution in [0.25, 0.3) is 11.1 Å². The first-order valence-electron chi connectivity index (χ1n) is 19.4. The highest BCUT2D eigenvalue weighted by Gasteiger charge is 2.63. The van der Waals surface area contributed by atoms with E-state index in [4.69, 9.17) is 4.74 Å². The van der Waals surface area contributed by atoms with E-state index < -0.39 is 56.4 Å². The summed E-state index contributed by atoms with van der Waals surface area (Å²) in [5.41, 5.74) is 1.18. The fraction of sp³-hybridized carbons (Fsp3) is 0.561. The molecule has 2 aromatic rings. The standard InChI is InChI=1S/C41H53N5O7S/c1-40(2,3)53-39(50)42-34-18-11-6-4-5-10-17-31-22-41(31,38(49)44-54(51,52)32-19-20-32)43-36(47)35-33-26-45(24-30(33)25-46(35)37(34)48)23-27-13-12-16-29(21-27)28-14-8-7-9-15-28/h7-10,12-17,21,30-35H,4-6,11,18-20,22-26H2,1-3H3,(H,42,50)(H,43,47)(H,44,49)/b17-10-/t30-,31-,33-,34-,35-,41+/m0/s1. The molecule has 54 heavy (non-hydrogen) atoms. The van der Waals surface area contributed by atoms with Gasteiger partial charge in [-0.3, -0.25) is 24.0 Å². The molecular formula is C41H53N5O7S. The highest BCUT2D eigenvalue weighted by molar-refractivity contribution is 7.91. The first-order chi connectivity index (χ1) is 25.7. The van der Waals surface area contributed by atoms with Crippen molar-refractivity contribution < 1.29 is 32.3 Å². The number of rotatable bonds is 7. The molecule has 0 bridgehead atoms. The largest absolute Gasteiger partial charge is 0.444 e. The van der Waals surface area contributed by atoms with Crippen LogP contribution in [-0.4, -0.2) is 90.1 Å². The van der Waals surface area contributed by atoms with Gasteiger partial charge in [-0.25, -0.2) is 13.2 Å². The molecule has 0 unspecified atom stereocenters. The Morgan fingerprint density at radius 1 is 0.944 bits per heavy atom. The lowest BCUT2D eigenvalue weighted by Gasteiger charge is -2.33. The van der Waals surface area contributed by atoms with Gasteiger partial charge >= 0.3 is 6.09 Å². The van der Waals surface area contributed by atoms with Crippen LogP contribution in [0.2, 0.25) is 0 Å². The summed E-state index contributed by atoms with van der Waals surface area (Å²) in [4.78, 5) is 60.0. The Hall–Kier alpha value is -4.23. The molecule has 290 valence electrons. The van der Waals surface area contributed by atoms with E-state index in [1.165, 1.54) is 0 Å². The molecule has 5 aliphatic rings. The van der Waals surface area contributed by atoms with E-state index in [2.05, 4.69) is 56.7 Å². The number of nitrogens with zero attached hydrogens (tertiary/aromatic N) is 2. The number of hydrogen-bond acceptors (Lipinski definition) is 8. The number of ether oxygens (including phenoxy) is 1. The zero-order chi connectivity index (χ0) is 38.3. The van der Waals surface area contributed by atoms with Crippen molar-refractivity contribution >= 4 is 33.8 Å². The Kier molecular flexibility index (Phi) is 10.7. The van der Waals surface area contributed by atoms with Crippen LogP contribution in [0, 0.1) is 17.8 Å². The van der Waals surface area contributed by atoms with E-state index in [1.807, 2.05) is 30.4 Å². The van der Waals surface area contributed by atoms with Crippen LogP contribution in [0.3, 0.4) is 0 Å². The molecule has 7 rings (SSSR count). The zero-order valence-electron chi connectivity index (χ0n) is 31.5. The lowest BCUT2D eigenvalue weighted by Crippen LogP contribution is -2.60. The highest BCUT2D eigenvalue weighted by Crippen LogP contribution is 2.47. The summed E-state index contributed by atoms with van der Waals surface area (Å²) in [6.07, 6.45) is 7.91. The number of hydrogen-bond donors (Lipinski definition) is 3. The minimum Gasteiger partial charge on any atom is -0.444 e. The van der Waals surface area contributed by atoms with Gasteiger partial charge in [0.1, 0.15) is 23.2 Å². The first-order valence-corrected chi connectivity index (χ1v) is 21.0. The van der Waals surface area contributed by atoms with Crippen LogP contribution in [-0.2, 0) is 35.7 Å². The molecule has 2 saturated heterocycles. The number of allylic oxidation sites excluding steroid dienone is 1. The molecule has 2 aliphatic carbocycles. The third kappa shape index (κ3) is 8.52. The number of alkyl carbamates (subject to hydrolysis) is 1. The van der Waals surface area contributed by atoms with Crippen molar-refractivity contribution in [1.29, 1.82) is 0 Å². The van der Waals surface area contributed by atoms with Gasteiger partial charge in [-0.05, 0) is 88.0 Å². The molecule has 0 aromatic heterocycles. The van der Waals surface area contributed by atoms with Gasteiger partial charge in [-0.2, -0.15) is 0 Å². The Balaban J connectivity index is 1.16. The molecule has 13 heteroatoms. The van der Waals surface area contributed by atoms with Crippen molar-refractivity contribution in [1.82, 2.24) is 25.2 Å². The molecule has 3 heterocycles. The minimum absolute atomic E-state index is 0.0296. The summed E-state index contributed by atoms with van der Waals surface area (Å²) >= 11 is 0. The van der Waals surface area contributed by atoms with Crippen molar-refractivity contribution in [3.8, 4) is 11.1 Å². The second-order valence-electron chi connectivity index (χ2n) is 16.8. The summed E-state index contributed by atoms with van der Waals surface area (Å²) in [6, 6.07) is 16.8. The van der Waals surface area contributed by atoms with Gasteiger partial charge in [-0.1, -0.05) is 73.5 Å². The fourth-order valence-electron chi connectivity index (χ4n) is 8.48. The smallest absolute Gasteiger partial charge is 0.408 e. The summed E-state index contributed by atoms with van der Waals surface area (Å²) in [5, 5.41) is 5.23. The Morgan fingerprint density at radius 3 is 2.44 bits per heavy atom. The van der Waals surface area contributed by atoms with Crippen LogP contribution < -0.4 is 15.4 Å². The second kappa shape index (κ2) is 15.1. The molecule has 6 atom stereocenters. The van der Waals surface area contributed by atoms with Gasteiger partial charge in [0, 0.05) is 38.0 Å². The van der Waals surface area contributed by atoms with Gasteiger partial charge in [0.05, 0.1) is 5.25 Å². The molecule has 2 aromatic carbocycles. The van der Waals surface area contributed by atoms with E-state index in [9.17, 15) is 27.6 Å². The monoisotopic (exact) mass is 759 g/mol. The molecule has 12 nitrogen and oxygen atoms in total. The second-order valence-corrected chi connectivity index (χ2v) is 18.8. The van der Waals surface area contributed by atoms with Gasteiger partial charge < -0.3 is 20.3 Å².